The lowest BCUT2D eigenvalue weighted by molar-refractivity contribution is 0.464. The average molecular weight is 282 g/mol. The quantitative estimate of drug-likeness (QED) is 0.686. The Morgan fingerprint density at radius 1 is 1.00 bits per heavy atom. The highest BCUT2D eigenvalue weighted by Gasteiger charge is 2.12. The van der Waals surface area contributed by atoms with Crippen LogP contribution in [-0.4, -0.2) is 12.6 Å². The van der Waals surface area contributed by atoms with Crippen molar-refractivity contribution in [3.8, 4) is 0 Å². The molecule has 0 amide bonds. The predicted molar refractivity (Wildman–Crippen MR) is 86.0 cm³/mol. The Labute approximate surface area is 123 Å². The summed E-state index contributed by atoms with van der Waals surface area (Å²) in [4.78, 5) is 0. The van der Waals surface area contributed by atoms with Gasteiger partial charge in [-0.15, -0.1) is 0 Å². The Hall–Kier alpha value is -0.530. The average Bonchev–Trinajstić information content (AvgIpc) is 2.34. The van der Waals surface area contributed by atoms with Crippen molar-refractivity contribution in [1.29, 1.82) is 0 Å². The molecular formula is C17H28ClN. The Bertz CT molecular complexity index is 343. The molecular weight excluding hydrogens is 254 g/mol. The fourth-order valence-corrected chi connectivity index (χ4v) is 2.40. The molecule has 1 unspecified atom stereocenters. The van der Waals surface area contributed by atoms with E-state index >= 15 is 0 Å². The van der Waals surface area contributed by atoms with Crippen LogP contribution < -0.4 is 5.32 Å². The SMILES string of the molecule is CC(C)CCCC(CNC(C)C)c1ccc(Cl)cc1. The van der Waals surface area contributed by atoms with Crippen LogP contribution in [0.2, 0.25) is 5.02 Å². The van der Waals surface area contributed by atoms with Crippen molar-refractivity contribution in [2.45, 2.75) is 58.9 Å². The van der Waals surface area contributed by atoms with Crippen molar-refractivity contribution in [1.82, 2.24) is 5.32 Å². The third kappa shape index (κ3) is 6.98. The van der Waals surface area contributed by atoms with Gasteiger partial charge in [-0.2, -0.15) is 0 Å². The summed E-state index contributed by atoms with van der Waals surface area (Å²) in [5.41, 5.74) is 1.40. The summed E-state index contributed by atoms with van der Waals surface area (Å²) in [6.07, 6.45) is 3.86. The second-order valence-corrected chi connectivity index (χ2v) is 6.57. The Kier molecular flexibility index (Phi) is 7.48. The molecule has 1 aromatic carbocycles. The molecule has 2 heteroatoms. The second kappa shape index (κ2) is 8.60. The second-order valence-electron chi connectivity index (χ2n) is 6.14. The van der Waals surface area contributed by atoms with Crippen molar-refractivity contribution in [2.24, 2.45) is 5.92 Å². The van der Waals surface area contributed by atoms with Gasteiger partial charge in [0.1, 0.15) is 0 Å². The first-order chi connectivity index (χ1) is 8.99. The molecule has 108 valence electrons. The van der Waals surface area contributed by atoms with Crippen LogP contribution in [0, 0.1) is 5.92 Å². The number of hydrogen-bond acceptors (Lipinski definition) is 1. The van der Waals surface area contributed by atoms with Gasteiger partial charge in [0, 0.05) is 17.6 Å². The van der Waals surface area contributed by atoms with Crippen LogP contribution in [0.15, 0.2) is 24.3 Å². The highest BCUT2D eigenvalue weighted by Crippen LogP contribution is 2.24. The van der Waals surface area contributed by atoms with E-state index in [4.69, 9.17) is 11.6 Å². The first kappa shape index (κ1) is 16.5. The van der Waals surface area contributed by atoms with Gasteiger partial charge < -0.3 is 5.32 Å². The molecule has 0 aliphatic rings. The minimum atomic E-state index is 0.542. The van der Waals surface area contributed by atoms with Crippen LogP contribution in [0.1, 0.15) is 58.4 Å². The third-order valence-electron chi connectivity index (χ3n) is 3.45. The van der Waals surface area contributed by atoms with Gasteiger partial charge in [0.2, 0.25) is 0 Å². The molecule has 0 fully saturated rings. The Morgan fingerprint density at radius 3 is 2.16 bits per heavy atom. The summed E-state index contributed by atoms with van der Waals surface area (Å²) in [6.45, 7) is 10.0. The molecule has 0 saturated heterocycles. The van der Waals surface area contributed by atoms with Gasteiger partial charge in [-0.3, -0.25) is 0 Å². The molecule has 0 heterocycles. The van der Waals surface area contributed by atoms with Crippen molar-refractivity contribution in [3.63, 3.8) is 0 Å². The zero-order valence-corrected chi connectivity index (χ0v) is 13.5. The van der Waals surface area contributed by atoms with Crippen molar-refractivity contribution in [2.75, 3.05) is 6.54 Å². The third-order valence-corrected chi connectivity index (χ3v) is 3.70. The van der Waals surface area contributed by atoms with E-state index in [1.165, 1.54) is 24.8 Å². The molecule has 1 rings (SSSR count). The number of nitrogens with one attached hydrogen (secondary N) is 1. The van der Waals surface area contributed by atoms with E-state index < -0.39 is 0 Å². The van der Waals surface area contributed by atoms with Gasteiger partial charge in [0.15, 0.2) is 0 Å². The molecule has 1 N–H and O–H groups in total. The molecule has 1 atom stereocenters. The van der Waals surface area contributed by atoms with E-state index in [9.17, 15) is 0 Å². The van der Waals surface area contributed by atoms with Crippen LogP contribution in [0.4, 0.5) is 0 Å². The molecule has 0 radical (unpaired) electrons. The van der Waals surface area contributed by atoms with Gasteiger partial charge in [0.25, 0.3) is 0 Å². The summed E-state index contributed by atoms with van der Waals surface area (Å²) in [7, 11) is 0. The standard InChI is InChI=1S/C17H28ClN/c1-13(2)6-5-7-16(12-19-14(3)4)15-8-10-17(18)11-9-15/h8-11,13-14,16,19H,5-7,12H2,1-4H3. The lowest BCUT2D eigenvalue weighted by atomic mass is 9.91. The summed E-state index contributed by atoms with van der Waals surface area (Å²) in [5, 5.41) is 4.38. The smallest absolute Gasteiger partial charge is 0.0406 e. The molecule has 0 aliphatic heterocycles. The molecule has 19 heavy (non-hydrogen) atoms. The van der Waals surface area contributed by atoms with Crippen LogP contribution in [0.25, 0.3) is 0 Å². The zero-order valence-electron chi connectivity index (χ0n) is 12.7. The summed E-state index contributed by atoms with van der Waals surface area (Å²) >= 11 is 5.97. The van der Waals surface area contributed by atoms with Gasteiger partial charge in [0.05, 0.1) is 0 Å². The van der Waals surface area contributed by atoms with E-state index in [1.54, 1.807) is 0 Å². The summed E-state index contributed by atoms with van der Waals surface area (Å²) in [6, 6.07) is 8.89. The predicted octanol–water partition coefficient (Wildman–Crippen LogP) is 5.25. The fourth-order valence-electron chi connectivity index (χ4n) is 2.27. The minimum Gasteiger partial charge on any atom is -0.314 e. The van der Waals surface area contributed by atoms with Gasteiger partial charge in [-0.25, -0.2) is 0 Å². The number of halogens is 1. The molecule has 1 aromatic rings. The van der Waals surface area contributed by atoms with E-state index in [1.807, 2.05) is 12.1 Å². The topological polar surface area (TPSA) is 12.0 Å². The first-order valence-corrected chi connectivity index (χ1v) is 7.85. The van der Waals surface area contributed by atoms with Crippen LogP contribution in [-0.2, 0) is 0 Å². The van der Waals surface area contributed by atoms with Crippen molar-refractivity contribution in [3.05, 3.63) is 34.9 Å². The van der Waals surface area contributed by atoms with Gasteiger partial charge in [-0.1, -0.05) is 64.3 Å². The van der Waals surface area contributed by atoms with Gasteiger partial charge in [-0.05, 0) is 36.0 Å². The normalized spacial score (nSPS) is 13.2. The lowest BCUT2D eigenvalue weighted by Gasteiger charge is -2.20. The number of rotatable bonds is 8. The molecule has 0 aliphatic carbocycles. The highest BCUT2D eigenvalue weighted by atomic mass is 35.5. The largest absolute Gasteiger partial charge is 0.314 e. The summed E-state index contributed by atoms with van der Waals surface area (Å²) < 4.78 is 0. The Morgan fingerprint density at radius 2 is 1.63 bits per heavy atom. The van der Waals surface area contributed by atoms with Gasteiger partial charge >= 0.3 is 0 Å². The monoisotopic (exact) mass is 281 g/mol. The van der Waals surface area contributed by atoms with E-state index in [2.05, 4.69) is 45.1 Å². The zero-order chi connectivity index (χ0) is 14.3. The van der Waals surface area contributed by atoms with Crippen LogP contribution in [0.3, 0.4) is 0 Å². The van der Waals surface area contributed by atoms with E-state index in [-0.39, 0.29) is 0 Å². The molecule has 0 bridgehead atoms. The number of benzene rings is 1. The Balaban J connectivity index is 2.59. The summed E-state index contributed by atoms with van der Waals surface area (Å²) in [5.74, 6) is 1.39. The fraction of sp³-hybridized carbons (Fsp3) is 0.647. The van der Waals surface area contributed by atoms with E-state index in [0.29, 0.717) is 12.0 Å². The molecule has 0 saturated carbocycles. The van der Waals surface area contributed by atoms with E-state index in [0.717, 1.165) is 17.5 Å². The maximum atomic E-state index is 5.97. The molecule has 0 spiro atoms. The highest BCUT2D eigenvalue weighted by molar-refractivity contribution is 6.30. The van der Waals surface area contributed by atoms with Crippen LogP contribution in [0.5, 0.6) is 0 Å². The molecule has 0 aromatic heterocycles. The van der Waals surface area contributed by atoms with Crippen molar-refractivity contribution >= 4 is 11.6 Å². The van der Waals surface area contributed by atoms with Crippen LogP contribution >= 0.6 is 11.6 Å². The van der Waals surface area contributed by atoms with Crippen molar-refractivity contribution < 1.29 is 0 Å². The molecule has 1 nitrogen and oxygen atoms in total. The lowest BCUT2D eigenvalue weighted by Crippen LogP contribution is -2.28. The maximum absolute atomic E-state index is 5.97. The maximum Gasteiger partial charge on any atom is 0.0406 e. The first-order valence-electron chi connectivity index (χ1n) is 7.48. The number of hydrogen-bond donors (Lipinski definition) is 1. The minimum absolute atomic E-state index is 0.542.